The van der Waals surface area contributed by atoms with E-state index in [-0.39, 0.29) is 52.0 Å². The first-order chi connectivity index (χ1) is 17.9. The van der Waals surface area contributed by atoms with Gasteiger partial charge >= 0.3 is 5.92 Å². The molecule has 9 nitrogen and oxygen atoms in total. The molecule has 2 saturated heterocycles. The Balaban J connectivity index is 1.28. The quantitative estimate of drug-likeness (QED) is 0.444. The molecule has 1 unspecified atom stereocenters. The van der Waals surface area contributed by atoms with Crippen LogP contribution in [-0.4, -0.2) is 63.0 Å². The number of hydrogen-bond acceptors (Lipinski definition) is 7. The molecule has 0 bridgehead atoms. The van der Waals surface area contributed by atoms with Gasteiger partial charge in [0.05, 0.1) is 22.2 Å². The third-order valence-electron chi connectivity index (χ3n) is 8.00. The van der Waals surface area contributed by atoms with Crippen LogP contribution in [0.25, 0.3) is 0 Å². The average molecular weight is 566 g/mol. The summed E-state index contributed by atoms with van der Waals surface area (Å²) in [4.78, 5) is 33.1. The molecule has 2 aromatic heterocycles. The molecular weight excluding hydrogens is 543 g/mol. The van der Waals surface area contributed by atoms with Crippen molar-refractivity contribution in [2.75, 3.05) is 26.2 Å². The van der Waals surface area contributed by atoms with Gasteiger partial charge in [-0.15, -0.1) is 10.2 Å². The van der Waals surface area contributed by atoms with Gasteiger partial charge in [-0.3, -0.25) is 9.59 Å². The van der Waals surface area contributed by atoms with Crippen LogP contribution >= 0.6 is 23.2 Å². The van der Waals surface area contributed by atoms with Crippen LogP contribution in [-0.2, 0) is 10.7 Å². The van der Waals surface area contributed by atoms with E-state index in [0.717, 1.165) is 24.9 Å². The van der Waals surface area contributed by atoms with Crippen LogP contribution in [0.1, 0.15) is 54.1 Å². The zero-order valence-corrected chi connectivity index (χ0v) is 22.0. The average Bonchev–Trinajstić information content (AvgIpc) is 3.38. The standard InChI is InChI=1S/C25H23Cl2F2N5O4/c1-23(2)6-14(23)20(35)34-10-24(11-34)9-33(21(36)18-7-30-12-37-18)8-15(24)19-31-32-22(38-19)25(28,29)13-3-4-16(26)17(27)5-13/h3-5,7,12,14-15H,6,8-11H2,1-2H3/t14-,15?/m1/s1. The predicted molar refractivity (Wildman–Crippen MR) is 130 cm³/mol. The Morgan fingerprint density at radius 2 is 1.82 bits per heavy atom. The Bertz CT molecular complexity index is 1420. The molecule has 0 N–H and O–H groups in total. The SMILES string of the molecule is CC1(C)C[C@@H]1C(=O)N1CC2(CN(C(=O)c3cnco3)CC2c2nnc(C(F)(F)c3ccc(Cl)c(Cl)c3)o2)C1. The Hall–Kier alpha value is -3.05. The van der Waals surface area contributed by atoms with E-state index < -0.39 is 34.6 Å². The molecule has 4 heterocycles. The maximum absolute atomic E-state index is 15.3. The summed E-state index contributed by atoms with van der Waals surface area (Å²) in [7, 11) is 0. The lowest BCUT2D eigenvalue weighted by Gasteiger charge is -2.50. The van der Waals surface area contributed by atoms with E-state index in [4.69, 9.17) is 32.0 Å². The molecule has 6 rings (SSSR count). The van der Waals surface area contributed by atoms with Crippen molar-refractivity contribution in [3.8, 4) is 0 Å². The molecule has 1 aliphatic carbocycles. The number of amides is 2. The van der Waals surface area contributed by atoms with Crippen LogP contribution in [0.2, 0.25) is 10.0 Å². The number of hydrogen-bond donors (Lipinski definition) is 0. The third-order valence-corrected chi connectivity index (χ3v) is 8.74. The Morgan fingerprint density at radius 3 is 2.45 bits per heavy atom. The molecule has 2 amide bonds. The van der Waals surface area contributed by atoms with Crippen molar-refractivity contribution in [2.24, 2.45) is 16.7 Å². The fourth-order valence-electron chi connectivity index (χ4n) is 5.56. The van der Waals surface area contributed by atoms with Crippen molar-refractivity contribution in [3.63, 3.8) is 0 Å². The van der Waals surface area contributed by atoms with Gasteiger partial charge < -0.3 is 18.6 Å². The van der Waals surface area contributed by atoms with Gasteiger partial charge in [0.15, 0.2) is 6.39 Å². The number of halogens is 4. The molecule has 1 saturated carbocycles. The number of carbonyl (C=O) groups excluding carboxylic acids is 2. The minimum absolute atomic E-state index is 0.0218. The maximum atomic E-state index is 15.3. The van der Waals surface area contributed by atoms with E-state index in [1.165, 1.54) is 12.3 Å². The van der Waals surface area contributed by atoms with Crippen LogP contribution in [0.15, 0.2) is 39.6 Å². The zero-order chi connectivity index (χ0) is 27.0. The van der Waals surface area contributed by atoms with Gasteiger partial charge in [0.2, 0.25) is 17.6 Å². The summed E-state index contributed by atoms with van der Waals surface area (Å²) < 4.78 is 41.3. The largest absolute Gasteiger partial charge is 0.438 e. The van der Waals surface area contributed by atoms with Crippen LogP contribution in [0, 0.1) is 16.7 Å². The summed E-state index contributed by atoms with van der Waals surface area (Å²) in [5.74, 6) is -5.40. The number of likely N-dealkylation sites (tertiary alicyclic amines) is 2. The first-order valence-electron chi connectivity index (χ1n) is 12.1. The minimum Gasteiger partial charge on any atom is -0.438 e. The Labute approximate surface area is 226 Å². The first kappa shape index (κ1) is 25.2. The summed E-state index contributed by atoms with van der Waals surface area (Å²) >= 11 is 11.8. The number of aromatic nitrogens is 3. The number of nitrogens with zero attached hydrogens (tertiary/aromatic N) is 5. The van der Waals surface area contributed by atoms with E-state index in [1.54, 1.807) is 9.80 Å². The first-order valence-corrected chi connectivity index (χ1v) is 12.8. The molecule has 2 atom stereocenters. The molecule has 2 aliphatic heterocycles. The van der Waals surface area contributed by atoms with Gasteiger partial charge in [-0.2, -0.15) is 8.78 Å². The van der Waals surface area contributed by atoms with Crippen molar-refractivity contribution >= 4 is 35.0 Å². The highest BCUT2D eigenvalue weighted by atomic mass is 35.5. The Morgan fingerprint density at radius 1 is 1.11 bits per heavy atom. The second-order valence-corrected chi connectivity index (χ2v) is 11.9. The van der Waals surface area contributed by atoms with Gasteiger partial charge in [-0.25, -0.2) is 4.98 Å². The number of oxazole rings is 1. The predicted octanol–water partition coefficient (Wildman–Crippen LogP) is 4.62. The summed E-state index contributed by atoms with van der Waals surface area (Å²) in [5, 5.41) is 7.74. The number of alkyl halides is 2. The van der Waals surface area contributed by atoms with Gasteiger partial charge in [0.1, 0.15) is 0 Å². The molecule has 3 aliphatic rings. The van der Waals surface area contributed by atoms with Crippen molar-refractivity contribution in [1.82, 2.24) is 25.0 Å². The van der Waals surface area contributed by atoms with Crippen LogP contribution in [0.5, 0.6) is 0 Å². The molecule has 1 spiro atoms. The fourth-order valence-corrected chi connectivity index (χ4v) is 5.86. The normalized spacial score (nSPS) is 23.5. The minimum atomic E-state index is -3.63. The highest BCUT2D eigenvalue weighted by Gasteiger charge is 2.62. The molecule has 13 heteroatoms. The summed E-state index contributed by atoms with van der Waals surface area (Å²) in [6.45, 7) is 5.21. The lowest BCUT2D eigenvalue weighted by Crippen LogP contribution is -2.62. The van der Waals surface area contributed by atoms with Crippen molar-refractivity contribution < 1.29 is 27.2 Å². The second-order valence-electron chi connectivity index (χ2n) is 11.1. The summed E-state index contributed by atoms with van der Waals surface area (Å²) in [6.07, 6.45) is 3.30. The molecular formula is C25H23Cl2F2N5O4. The van der Waals surface area contributed by atoms with Gasteiger partial charge in [0, 0.05) is 43.1 Å². The van der Waals surface area contributed by atoms with Crippen LogP contribution in [0.3, 0.4) is 0 Å². The van der Waals surface area contributed by atoms with Gasteiger partial charge in [0.25, 0.3) is 11.8 Å². The van der Waals surface area contributed by atoms with E-state index in [1.807, 2.05) is 0 Å². The maximum Gasteiger partial charge on any atom is 0.349 e. The van der Waals surface area contributed by atoms with Crippen LogP contribution < -0.4 is 0 Å². The highest BCUT2D eigenvalue weighted by Crippen LogP contribution is 2.56. The van der Waals surface area contributed by atoms with Crippen LogP contribution in [0.4, 0.5) is 8.78 Å². The molecule has 3 fully saturated rings. The van der Waals surface area contributed by atoms with Crippen molar-refractivity contribution in [3.05, 3.63) is 63.9 Å². The number of carbonyl (C=O) groups is 2. The van der Waals surface area contributed by atoms with E-state index in [9.17, 15) is 9.59 Å². The topological polar surface area (TPSA) is 106 Å². The molecule has 0 radical (unpaired) electrons. The number of benzene rings is 1. The van der Waals surface area contributed by atoms with Gasteiger partial charge in [-0.1, -0.05) is 43.1 Å². The molecule has 38 heavy (non-hydrogen) atoms. The second kappa shape index (κ2) is 8.47. The lowest BCUT2D eigenvalue weighted by atomic mass is 9.71. The fraction of sp³-hybridized carbons (Fsp3) is 0.480. The summed E-state index contributed by atoms with van der Waals surface area (Å²) in [5.41, 5.74) is -1.09. The van der Waals surface area contributed by atoms with Gasteiger partial charge in [-0.05, 0) is 24.0 Å². The molecule has 200 valence electrons. The monoisotopic (exact) mass is 565 g/mol. The molecule has 1 aromatic carbocycles. The van der Waals surface area contributed by atoms with Crippen molar-refractivity contribution in [1.29, 1.82) is 0 Å². The number of rotatable bonds is 5. The third kappa shape index (κ3) is 3.98. The Kier molecular flexibility index (Phi) is 5.63. The lowest BCUT2D eigenvalue weighted by molar-refractivity contribution is -0.146. The molecule has 3 aromatic rings. The highest BCUT2D eigenvalue weighted by molar-refractivity contribution is 6.42. The van der Waals surface area contributed by atoms with E-state index >= 15 is 8.78 Å². The van der Waals surface area contributed by atoms with E-state index in [2.05, 4.69) is 29.0 Å². The summed E-state index contributed by atoms with van der Waals surface area (Å²) in [6, 6.07) is 3.46. The zero-order valence-electron chi connectivity index (χ0n) is 20.5. The smallest absolute Gasteiger partial charge is 0.349 e. The van der Waals surface area contributed by atoms with Crippen molar-refractivity contribution in [2.45, 2.75) is 32.1 Å². The van der Waals surface area contributed by atoms with E-state index in [0.29, 0.717) is 13.1 Å².